The van der Waals surface area contributed by atoms with Crippen LogP contribution >= 0.6 is 0 Å². The zero-order chi connectivity index (χ0) is 19.6. The highest BCUT2D eigenvalue weighted by atomic mass is 16.5. The molecular formula is C23H22N4O. The van der Waals surface area contributed by atoms with Gasteiger partial charge in [0.15, 0.2) is 0 Å². The second-order valence-corrected chi connectivity index (χ2v) is 6.75. The minimum absolute atomic E-state index is 0.173. The maximum atomic E-state index is 10.4. The third kappa shape index (κ3) is 2.82. The fourth-order valence-electron chi connectivity index (χ4n) is 3.92. The lowest BCUT2D eigenvalue weighted by Crippen LogP contribution is -2.46. The van der Waals surface area contributed by atoms with Gasteiger partial charge in [0, 0.05) is 6.20 Å². The summed E-state index contributed by atoms with van der Waals surface area (Å²) in [7, 11) is 0. The summed E-state index contributed by atoms with van der Waals surface area (Å²) in [5, 5.41) is 19.3. The summed E-state index contributed by atoms with van der Waals surface area (Å²) in [4.78, 5) is 2.03. The van der Waals surface area contributed by atoms with Gasteiger partial charge in [0.25, 0.3) is 0 Å². The molecule has 1 aliphatic heterocycles. The number of rotatable bonds is 5. The molecule has 0 saturated heterocycles. The molecular weight excluding hydrogens is 348 g/mol. The Morgan fingerprint density at radius 2 is 1.18 bits per heavy atom. The van der Waals surface area contributed by atoms with Crippen molar-refractivity contribution < 1.29 is 5.21 Å². The molecule has 0 fully saturated rings. The highest BCUT2D eigenvalue weighted by Gasteiger charge is 2.44. The first-order valence-electron chi connectivity index (χ1n) is 9.10. The molecule has 5 nitrogen and oxygen atoms in total. The van der Waals surface area contributed by atoms with Crippen LogP contribution in [0.4, 0.5) is 0 Å². The van der Waals surface area contributed by atoms with Gasteiger partial charge in [0.05, 0.1) is 0 Å². The van der Waals surface area contributed by atoms with Gasteiger partial charge in [-0.15, -0.1) is 0 Å². The van der Waals surface area contributed by atoms with Gasteiger partial charge in [-0.1, -0.05) is 91.0 Å². The van der Waals surface area contributed by atoms with Gasteiger partial charge in [0.2, 0.25) is 0 Å². The monoisotopic (exact) mass is 370 g/mol. The predicted octanol–water partition coefficient (Wildman–Crippen LogP) is 3.72. The number of hydroxylamine groups is 2. The zero-order valence-corrected chi connectivity index (χ0v) is 15.4. The Morgan fingerprint density at radius 3 is 1.50 bits per heavy atom. The standard InChI is InChI=1S/C23H22N4O/c24-22(25)21-16-26(17-27(21)28)23(18-10-4-1-5-11-18,19-12-6-2-7-13-19)20-14-8-3-9-15-20/h1-16,28H,17H2,(H3,24,25). The molecule has 140 valence electrons. The zero-order valence-electron chi connectivity index (χ0n) is 15.4. The van der Waals surface area contributed by atoms with Crippen LogP contribution in [0.25, 0.3) is 0 Å². The molecule has 28 heavy (non-hydrogen) atoms. The van der Waals surface area contributed by atoms with Crippen molar-refractivity contribution in [2.24, 2.45) is 5.73 Å². The molecule has 5 heteroatoms. The van der Waals surface area contributed by atoms with Crippen LogP contribution in [0.2, 0.25) is 0 Å². The van der Waals surface area contributed by atoms with E-state index >= 15 is 0 Å². The van der Waals surface area contributed by atoms with Crippen molar-refractivity contribution in [1.82, 2.24) is 9.96 Å². The first-order valence-corrected chi connectivity index (χ1v) is 9.10. The predicted molar refractivity (Wildman–Crippen MR) is 110 cm³/mol. The van der Waals surface area contributed by atoms with E-state index in [9.17, 15) is 5.21 Å². The van der Waals surface area contributed by atoms with Gasteiger partial charge in [-0.05, 0) is 16.7 Å². The fraction of sp³-hybridized carbons (Fsp3) is 0.0870. The van der Waals surface area contributed by atoms with E-state index in [1.165, 1.54) is 0 Å². The lowest BCUT2D eigenvalue weighted by Gasteiger charge is -2.43. The summed E-state index contributed by atoms with van der Waals surface area (Å²) in [6.45, 7) is 0.188. The first-order chi connectivity index (χ1) is 13.6. The van der Waals surface area contributed by atoms with E-state index in [-0.39, 0.29) is 18.2 Å². The molecule has 3 aromatic rings. The molecule has 0 bridgehead atoms. The molecule has 4 N–H and O–H groups in total. The molecule has 0 radical (unpaired) electrons. The second kappa shape index (κ2) is 7.21. The average molecular weight is 370 g/mol. The van der Waals surface area contributed by atoms with Crippen molar-refractivity contribution in [1.29, 1.82) is 5.41 Å². The van der Waals surface area contributed by atoms with E-state index < -0.39 is 5.54 Å². The lowest BCUT2D eigenvalue weighted by molar-refractivity contribution is -0.0700. The molecule has 1 aliphatic rings. The van der Waals surface area contributed by atoms with Crippen molar-refractivity contribution in [3.8, 4) is 0 Å². The lowest BCUT2D eigenvalue weighted by atomic mass is 9.76. The molecule has 0 spiro atoms. The number of hydrogen-bond acceptors (Lipinski definition) is 4. The van der Waals surface area contributed by atoms with Crippen molar-refractivity contribution in [3.05, 3.63) is 120 Å². The molecule has 0 amide bonds. The Bertz CT molecular complexity index is 890. The molecule has 0 aromatic heterocycles. The summed E-state index contributed by atoms with van der Waals surface area (Å²) in [6.07, 6.45) is 1.76. The van der Waals surface area contributed by atoms with E-state index in [0.29, 0.717) is 0 Å². The minimum Gasteiger partial charge on any atom is -0.382 e. The molecule has 0 aliphatic carbocycles. The molecule has 3 aromatic carbocycles. The highest BCUT2D eigenvalue weighted by molar-refractivity contribution is 5.93. The molecule has 1 heterocycles. The summed E-state index contributed by atoms with van der Waals surface area (Å²) >= 11 is 0. The number of amidine groups is 1. The molecule has 0 unspecified atom stereocenters. The first kappa shape index (κ1) is 17.8. The smallest absolute Gasteiger partial charge is 0.143 e. The quantitative estimate of drug-likeness (QED) is 0.363. The summed E-state index contributed by atoms with van der Waals surface area (Å²) in [5.74, 6) is -0.173. The van der Waals surface area contributed by atoms with Gasteiger partial charge < -0.3 is 10.6 Å². The van der Waals surface area contributed by atoms with Crippen LogP contribution in [0.5, 0.6) is 0 Å². The van der Waals surface area contributed by atoms with Crippen LogP contribution in [-0.4, -0.2) is 27.7 Å². The van der Waals surface area contributed by atoms with Crippen LogP contribution in [0.15, 0.2) is 103 Å². The van der Waals surface area contributed by atoms with Gasteiger partial charge in [-0.2, -0.15) is 0 Å². The van der Waals surface area contributed by atoms with E-state index in [1.807, 2.05) is 59.5 Å². The Labute approximate surface area is 164 Å². The second-order valence-electron chi connectivity index (χ2n) is 6.75. The number of benzene rings is 3. The van der Waals surface area contributed by atoms with Crippen molar-refractivity contribution in [3.63, 3.8) is 0 Å². The van der Waals surface area contributed by atoms with Crippen LogP contribution in [0.3, 0.4) is 0 Å². The Morgan fingerprint density at radius 1 is 0.786 bits per heavy atom. The van der Waals surface area contributed by atoms with E-state index in [2.05, 4.69) is 36.4 Å². The number of nitrogens with zero attached hydrogens (tertiary/aromatic N) is 2. The topological polar surface area (TPSA) is 76.6 Å². The Kier molecular flexibility index (Phi) is 4.59. The van der Waals surface area contributed by atoms with Gasteiger partial charge in [-0.3, -0.25) is 10.6 Å². The maximum absolute atomic E-state index is 10.4. The molecule has 0 atom stereocenters. The van der Waals surface area contributed by atoms with Crippen molar-refractivity contribution in [2.75, 3.05) is 6.67 Å². The SMILES string of the molecule is N=C(N)C1=CN(C(c2ccccc2)(c2ccccc2)c2ccccc2)CN1O. The van der Waals surface area contributed by atoms with Crippen LogP contribution in [0.1, 0.15) is 16.7 Å². The van der Waals surface area contributed by atoms with Crippen LogP contribution < -0.4 is 5.73 Å². The summed E-state index contributed by atoms with van der Waals surface area (Å²) in [5.41, 5.74) is 8.46. The maximum Gasteiger partial charge on any atom is 0.143 e. The van der Waals surface area contributed by atoms with E-state index in [4.69, 9.17) is 11.1 Å². The van der Waals surface area contributed by atoms with Gasteiger partial charge in [-0.25, -0.2) is 5.06 Å². The van der Waals surface area contributed by atoms with E-state index in [1.54, 1.807) is 6.20 Å². The molecule has 4 rings (SSSR count). The Balaban J connectivity index is 2.04. The normalized spacial score (nSPS) is 14.1. The average Bonchev–Trinajstić information content (AvgIpc) is 3.13. The highest BCUT2D eigenvalue weighted by Crippen LogP contribution is 2.44. The number of hydrogen-bond donors (Lipinski definition) is 3. The third-order valence-corrected chi connectivity index (χ3v) is 5.12. The third-order valence-electron chi connectivity index (χ3n) is 5.12. The fourth-order valence-corrected chi connectivity index (χ4v) is 3.92. The van der Waals surface area contributed by atoms with E-state index in [0.717, 1.165) is 21.8 Å². The van der Waals surface area contributed by atoms with Gasteiger partial charge in [0.1, 0.15) is 23.7 Å². The van der Waals surface area contributed by atoms with Crippen LogP contribution in [0, 0.1) is 5.41 Å². The van der Waals surface area contributed by atoms with Crippen molar-refractivity contribution >= 4 is 5.84 Å². The minimum atomic E-state index is -0.692. The number of nitrogens with one attached hydrogen (secondary N) is 1. The largest absolute Gasteiger partial charge is 0.382 e. The van der Waals surface area contributed by atoms with Gasteiger partial charge >= 0.3 is 0 Å². The number of nitrogens with two attached hydrogens (primary N) is 1. The molecule has 0 saturated carbocycles. The Hall–Kier alpha value is -3.57. The summed E-state index contributed by atoms with van der Waals surface area (Å²) < 4.78 is 0. The van der Waals surface area contributed by atoms with Crippen LogP contribution in [-0.2, 0) is 5.54 Å². The summed E-state index contributed by atoms with van der Waals surface area (Å²) in [6, 6.07) is 30.5. The van der Waals surface area contributed by atoms with Crippen molar-refractivity contribution in [2.45, 2.75) is 5.54 Å².